The standard InChI is InChI=1S/C32H22F3N3O3S/c1-20(21-9-4-2-5-10-21)37-29(39)26(19-36)31-38(24-13-6-3-7-14-24)30(40)28(42-31)18-25-15-16-27(41-25)22-11-8-12-23(17-22)32(33,34)35/h2-18,20H,1H3,(H,37,39)/b28-18+,31-26+. The number of carbonyl (C=O) groups excluding carboxylic acids is 1. The van der Waals surface area contributed by atoms with E-state index in [1.54, 1.807) is 37.3 Å². The Morgan fingerprint density at radius 3 is 2.36 bits per heavy atom. The van der Waals surface area contributed by atoms with Crippen LogP contribution in [0.25, 0.3) is 28.7 Å². The summed E-state index contributed by atoms with van der Waals surface area (Å²) in [5.74, 6) is -0.240. The second kappa shape index (κ2) is 11.8. The number of alkyl halides is 3. The lowest BCUT2D eigenvalue weighted by atomic mass is 10.1. The molecule has 5 aromatic rings. The van der Waals surface area contributed by atoms with Crippen LogP contribution in [0.1, 0.15) is 29.9 Å². The molecule has 3 aromatic carbocycles. The normalized spacial score (nSPS) is 13.4. The van der Waals surface area contributed by atoms with Gasteiger partial charge >= 0.3 is 6.18 Å². The second-order valence-electron chi connectivity index (χ2n) is 9.27. The quantitative estimate of drug-likeness (QED) is 0.283. The van der Waals surface area contributed by atoms with Crippen molar-refractivity contribution >= 4 is 28.9 Å². The number of hydrogen-bond donors (Lipinski definition) is 1. The van der Waals surface area contributed by atoms with E-state index in [4.69, 9.17) is 4.42 Å². The zero-order valence-electron chi connectivity index (χ0n) is 22.1. The number of hydrogen-bond acceptors (Lipinski definition) is 5. The highest BCUT2D eigenvalue weighted by molar-refractivity contribution is 7.07. The number of amides is 1. The molecule has 42 heavy (non-hydrogen) atoms. The SMILES string of the molecule is CC(NC(=O)/C(C#N)=c1/s/c(=C/c2ccc(-c3cccc(C(F)(F)F)c3)o2)c(=O)n1-c1ccccc1)c1ccccc1. The zero-order chi connectivity index (χ0) is 29.9. The van der Waals surface area contributed by atoms with Crippen LogP contribution in [-0.4, -0.2) is 10.5 Å². The fourth-order valence-corrected chi connectivity index (χ4v) is 5.40. The average Bonchev–Trinajstić information content (AvgIpc) is 3.58. The summed E-state index contributed by atoms with van der Waals surface area (Å²) in [6.45, 7) is 1.79. The first-order valence-electron chi connectivity index (χ1n) is 12.7. The summed E-state index contributed by atoms with van der Waals surface area (Å²) in [6, 6.07) is 27.2. The van der Waals surface area contributed by atoms with E-state index in [-0.39, 0.29) is 31.9 Å². The lowest BCUT2D eigenvalue weighted by molar-refractivity contribution is -0.137. The largest absolute Gasteiger partial charge is 0.457 e. The minimum Gasteiger partial charge on any atom is -0.457 e. The molecule has 0 saturated heterocycles. The number of aromatic nitrogens is 1. The molecule has 2 aromatic heterocycles. The summed E-state index contributed by atoms with van der Waals surface area (Å²) in [5, 5.41) is 12.9. The number of nitrogens with zero attached hydrogens (tertiary/aromatic N) is 2. The molecular weight excluding hydrogens is 563 g/mol. The highest BCUT2D eigenvalue weighted by atomic mass is 32.1. The molecule has 210 valence electrons. The molecule has 1 amide bonds. The van der Waals surface area contributed by atoms with Crippen LogP contribution in [-0.2, 0) is 11.0 Å². The van der Waals surface area contributed by atoms with E-state index in [1.807, 2.05) is 36.4 Å². The van der Waals surface area contributed by atoms with Crippen LogP contribution in [0, 0.1) is 11.3 Å². The Morgan fingerprint density at radius 1 is 1.00 bits per heavy atom. The number of rotatable bonds is 6. The maximum atomic E-state index is 13.6. The number of furan rings is 1. The van der Waals surface area contributed by atoms with Gasteiger partial charge in [0.15, 0.2) is 5.57 Å². The maximum Gasteiger partial charge on any atom is 0.416 e. The van der Waals surface area contributed by atoms with Crippen molar-refractivity contribution in [3.05, 3.63) is 133 Å². The smallest absolute Gasteiger partial charge is 0.416 e. The van der Waals surface area contributed by atoms with Crippen LogP contribution in [0.4, 0.5) is 13.2 Å². The van der Waals surface area contributed by atoms with E-state index >= 15 is 0 Å². The molecule has 0 saturated carbocycles. The fourth-order valence-electron chi connectivity index (χ4n) is 4.31. The van der Waals surface area contributed by atoms with Gasteiger partial charge in [0.1, 0.15) is 22.3 Å². The summed E-state index contributed by atoms with van der Waals surface area (Å²) in [7, 11) is 0. The number of thiazole rings is 1. The Morgan fingerprint density at radius 2 is 1.69 bits per heavy atom. The van der Waals surface area contributed by atoms with E-state index in [0.29, 0.717) is 5.69 Å². The van der Waals surface area contributed by atoms with Gasteiger partial charge in [-0.1, -0.05) is 60.7 Å². The molecule has 0 spiro atoms. The van der Waals surface area contributed by atoms with Crippen LogP contribution in [0.15, 0.2) is 106 Å². The van der Waals surface area contributed by atoms with Gasteiger partial charge in [0, 0.05) is 11.6 Å². The molecule has 0 aliphatic heterocycles. The maximum absolute atomic E-state index is 13.6. The summed E-state index contributed by atoms with van der Waals surface area (Å²) >= 11 is 0.936. The second-order valence-corrected chi connectivity index (χ2v) is 10.3. The first-order chi connectivity index (χ1) is 20.2. The Labute approximate surface area is 241 Å². The van der Waals surface area contributed by atoms with Crippen molar-refractivity contribution in [2.45, 2.75) is 19.1 Å². The monoisotopic (exact) mass is 585 g/mol. The number of nitriles is 1. The van der Waals surface area contributed by atoms with Crippen molar-refractivity contribution in [3.8, 4) is 23.1 Å². The van der Waals surface area contributed by atoms with E-state index in [2.05, 4.69) is 5.32 Å². The molecule has 1 atom stereocenters. The van der Waals surface area contributed by atoms with Crippen LogP contribution < -0.4 is 20.1 Å². The van der Waals surface area contributed by atoms with E-state index in [9.17, 15) is 28.0 Å². The van der Waals surface area contributed by atoms with Gasteiger partial charge < -0.3 is 9.73 Å². The highest BCUT2D eigenvalue weighted by Gasteiger charge is 2.30. The summed E-state index contributed by atoms with van der Waals surface area (Å²) in [6.07, 6.45) is -3.07. The zero-order valence-corrected chi connectivity index (χ0v) is 22.9. The van der Waals surface area contributed by atoms with Crippen LogP contribution >= 0.6 is 11.3 Å². The molecule has 0 aliphatic carbocycles. The molecule has 0 radical (unpaired) electrons. The van der Waals surface area contributed by atoms with Gasteiger partial charge in [-0.25, -0.2) is 0 Å². The average molecular weight is 586 g/mol. The number of para-hydroxylation sites is 1. The van der Waals surface area contributed by atoms with Gasteiger partial charge in [-0.3, -0.25) is 14.2 Å². The molecule has 0 bridgehead atoms. The molecule has 6 nitrogen and oxygen atoms in total. The van der Waals surface area contributed by atoms with Crippen molar-refractivity contribution in [1.29, 1.82) is 5.26 Å². The summed E-state index contributed by atoms with van der Waals surface area (Å²) in [4.78, 5) is 26.9. The van der Waals surface area contributed by atoms with Gasteiger partial charge in [-0.2, -0.15) is 18.4 Å². The Hall–Kier alpha value is -5.14. The van der Waals surface area contributed by atoms with Crippen LogP contribution in [0.2, 0.25) is 0 Å². The third kappa shape index (κ3) is 5.96. The van der Waals surface area contributed by atoms with Crippen molar-refractivity contribution in [2.24, 2.45) is 0 Å². The third-order valence-corrected chi connectivity index (χ3v) is 7.50. The van der Waals surface area contributed by atoms with Crippen LogP contribution in [0.3, 0.4) is 0 Å². The van der Waals surface area contributed by atoms with Gasteiger partial charge in [0.05, 0.1) is 21.8 Å². The van der Waals surface area contributed by atoms with E-state index < -0.39 is 29.2 Å². The topological polar surface area (TPSA) is 88.0 Å². The van der Waals surface area contributed by atoms with Crippen LogP contribution in [0.5, 0.6) is 0 Å². The third-order valence-electron chi connectivity index (χ3n) is 6.41. The van der Waals surface area contributed by atoms with E-state index in [1.165, 1.54) is 34.9 Å². The number of halogens is 3. The van der Waals surface area contributed by atoms with Gasteiger partial charge in [-0.15, -0.1) is 11.3 Å². The predicted molar refractivity (Wildman–Crippen MR) is 154 cm³/mol. The number of nitrogens with one attached hydrogen (secondary N) is 1. The number of benzene rings is 3. The highest BCUT2D eigenvalue weighted by Crippen LogP contribution is 2.32. The molecule has 1 N–H and O–H groups in total. The summed E-state index contributed by atoms with van der Waals surface area (Å²) in [5.41, 5.74) is -0.0212. The minimum absolute atomic E-state index is 0.127. The molecular formula is C32H22F3N3O3S. The molecule has 1 unspecified atom stereocenters. The van der Waals surface area contributed by atoms with E-state index in [0.717, 1.165) is 29.0 Å². The van der Waals surface area contributed by atoms with Gasteiger partial charge in [0.2, 0.25) is 0 Å². The van der Waals surface area contributed by atoms with Gasteiger partial charge in [0.25, 0.3) is 11.5 Å². The molecule has 0 aliphatic rings. The first kappa shape index (κ1) is 28.4. The molecule has 2 heterocycles. The van der Waals surface area contributed by atoms with Crippen molar-refractivity contribution in [1.82, 2.24) is 9.88 Å². The number of carbonyl (C=O) groups is 1. The van der Waals surface area contributed by atoms with Gasteiger partial charge in [-0.05, 0) is 48.9 Å². The Kier molecular flexibility index (Phi) is 7.95. The fraction of sp³-hybridized carbons (Fsp3) is 0.0938. The molecule has 5 rings (SSSR count). The predicted octanol–water partition coefficient (Wildman–Crippen LogP) is 5.56. The van der Waals surface area contributed by atoms with Crippen molar-refractivity contribution in [3.63, 3.8) is 0 Å². The molecule has 10 heteroatoms. The van der Waals surface area contributed by atoms with Crippen molar-refractivity contribution < 1.29 is 22.4 Å². The summed E-state index contributed by atoms with van der Waals surface area (Å²) < 4.78 is 46.9. The lowest BCUT2D eigenvalue weighted by Crippen LogP contribution is -2.34. The molecule has 0 fully saturated rings. The van der Waals surface area contributed by atoms with Crippen molar-refractivity contribution in [2.75, 3.05) is 0 Å². The first-order valence-corrected chi connectivity index (χ1v) is 13.5. The minimum atomic E-state index is -4.51. The Bertz CT molecular complexity index is 1970. The lowest BCUT2D eigenvalue weighted by Gasteiger charge is -2.13. The Balaban J connectivity index is 1.60.